The van der Waals surface area contributed by atoms with Gasteiger partial charge in [0.25, 0.3) is 0 Å². The molecule has 0 radical (unpaired) electrons. The van der Waals surface area contributed by atoms with Crippen molar-refractivity contribution in [3.8, 4) is 11.5 Å². The fourth-order valence-electron chi connectivity index (χ4n) is 3.11. The molecule has 0 bridgehead atoms. The van der Waals surface area contributed by atoms with Crippen LogP contribution < -0.4 is 14.8 Å². The molecule has 0 saturated heterocycles. The van der Waals surface area contributed by atoms with Gasteiger partial charge in [-0.25, -0.2) is 0 Å². The maximum absolute atomic E-state index is 6.46. The van der Waals surface area contributed by atoms with E-state index < -0.39 is 0 Å². The van der Waals surface area contributed by atoms with Gasteiger partial charge >= 0.3 is 0 Å². The van der Waals surface area contributed by atoms with Crippen LogP contribution in [0.15, 0.2) is 42.6 Å². The first-order valence-corrected chi connectivity index (χ1v) is 9.83. The van der Waals surface area contributed by atoms with E-state index in [1.54, 1.807) is 0 Å². The number of hydrogen-bond acceptors (Lipinski definition) is 3. The SMILES string of the molecule is CCOc1cc(CNCCc2c[nH]c3ccccc23)c(Cl)cc1OC(C)C. The molecular formula is C22H27ClN2O2. The summed E-state index contributed by atoms with van der Waals surface area (Å²) in [6.07, 6.45) is 3.11. The van der Waals surface area contributed by atoms with E-state index in [-0.39, 0.29) is 6.10 Å². The monoisotopic (exact) mass is 386 g/mol. The summed E-state index contributed by atoms with van der Waals surface area (Å²) in [5.41, 5.74) is 3.51. The van der Waals surface area contributed by atoms with Gasteiger partial charge in [0, 0.05) is 34.7 Å². The molecule has 27 heavy (non-hydrogen) atoms. The summed E-state index contributed by atoms with van der Waals surface area (Å²) in [5, 5.41) is 5.45. The Kier molecular flexibility index (Phi) is 6.64. The van der Waals surface area contributed by atoms with Crippen LogP contribution in [0.3, 0.4) is 0 Å². The zero-order valence-electron chi connectivity index (χ0n) is 16.1. The minimum Gasteiger partial charge on any atom is -0.490 e. The van der Waals surface area contributed by atoms with Crippen LogP contribution in [0.25, 0.3) is 10.9 Å². The molecule has 3 aromatic rings. The predicted molar refractivity (Wildman–Crippen MR) is 112 cm³/mol. The second-order valence-corrected chi connectivity index (χ2v) is 7.18. The Morgan fingerprint density at radius 1 is 1.11 bits per heavy atom. The van der Waals surface area contributed by atoms with Crippen molar-refractivity contribution in [2.45, 2.75) is 39.8 Å². The minimum atomic E-state index is 0.0698. The summed E-state index contributed by atoms with van der Waals surface area (Å²) >= 11 is 6.46. The molecule has 4 nitrogen and oxygen atoms in total. The van der Waals surface area contributed by atoms with E-state index in [1.807, 2.05) is 39.0 Å². The predicted octanol–water partition coefficient (Wildman–Crippen LogP) is 5.34. The smallest absolute Gasteiger partial charge is 0.163 e. The average Bonchev–Trinajstić information content (AvgIpc) is 3.05. The lowest BCUT2D eigenvalue weighted by atomic mass is 10.1. The molecule has 1 heterocycles. The summed E-state index contributed by atoms with van der Waals surface area (Å²) in [7, 11) is 0. The van der Waals surface area contributed by atoms with E-state index >= 15 is 0 Å². The molecule has 0 aliphatic heterocycles. The van der Waals surface area contributed by atoms with E-state index in [9.17, 15) is 0 Å². The van der Waals surface area contributed by atoms with Gasteiger partial charge in [-0.1, -0.05) is 29.8 Å². The molecule has 3 rings (SSSR count). The van der Waals surface area contributed by atoms with E-state index in [0.717, 1.165) is 24.3 Å². The lowest BCUT2D eigenvalue weighted by Gasteiger charge is -2.17. The molecular weight excluding hydrogens is 360 g/mol. The van der Waals surface area contributed by atoms with Crippen molar-refractivity contribution < 1.29 is 9.47 Å². The number of hydrogen-bond donors (Lipinski definition) is 2. The van der Waals surface area contributed by atoms with Crippen LogP contribution in [-0.4, -0.2) is 24.2 Å². The van der Waals surface area contributed by atoms with Gasteiger partial charge in [0.05, 0.1) is 12.7 Å². The number of rotatable bonds is 9. The molecule has 2 N–H and O–H groups in total. The van der Waals surface area contributed by atoms with Gasteiger partial charge in [0.15, 0.2) is 11.5 Å². The van der Waals surface area contributed by atoms with Crippen LogP contribution in [0.1, 0.15) is 31.9 Å². The van der Waals surface area contributed by atoms with Gasteiger partial charge < -0.3 is 19.8 Å². The molecule has 2 aromatic carbocycles. The Hall–Kier alpha value is -2.17. The molecule has 0 unspecified atom stereocenters. The van der Waals surface area contributed by atoms with Crippen LogP contribution in [0.2, 0.25) is 5.02 Å². The summed E-state index contributed by atoms with van der Waals surface area (Å²) < 4.78 is 11.5. The van der Waals surface area contributed by atoms with Gasteiger partial charge in [0.1, 0.15) is 0 Å². The largest absolute Gasteiger partial charge is 0.490 e. The summed E-state index contributed by atoms with van der Waals surface area (Å²) in [6.45, 7) is 8.08. The zero-order chi connectivity index (χ0) is 19.2. The molecule has 0 spiro atoms. The van der Waals surface area contributed by atoms with Gasteiger partial charge in [-0.15, -0.1) is 0 Å². The number of halogens is 1. The van der Waals surface area contributed by atoms with Gasteiger partial charge in [-0.05, 0) is 57.0 Å². The molecule has 0 aliphatic carbocycles. The van der Waals surface area contributed by atoms with Crippen molar-refractivity contribution >= 4 is 22.5 Å². The minimum absolute atomic E-state index is 0.0698. The number of H-pyrrole nitrogens is 1. The number of ether oxygens (including phenoxy) is 2. The van der Waals surface area contributed by atoms with Crippen LogP contribution >= 0.6 is 11.6 Å². The molecule has 0 atom stereocenters. The van der Waals surface area contributed by atoms with E-state index in [0.29, 0.717) is 23.9 Å². The maximum Gasteiger partial charge on any atom is 0.163 e. The third-order valence-electron chi connectivity index (χ3n) is 4.34. The molecule has 5 heteroatoms. The molecule has 0 saturated carbocycles. The van der Waals surface area contributed by atoms with Crippen molar-refractivity contribution in [1.29, 1.82) is 0 Å². The Bertz CT molecular complexity index is 889. The molecule has 0 fully saturated rings. The highest BCUT2D eigenvalue weighted by Crippen LogP contribution is 2.34. The van der Waals surface area contributed by atoms with Crippen LogP contribution in [0.5, 0.6) is 11.5 Å². The Morgan fingerprint density at radius 2 is 1.93 bits per heavy atom. The topological polar surface area (TPSA) is 46.3 Å². The van der Waals surface area contributed by atoms with E-state index in [2.05, 4.69) is 34.7 Å². The van der Waals surface area contributed by atoms with Gasteiger partial charge in [-0.3, -0.25) is 0 Å². The standard InChI is InChI=1S/C22H27ClN2O2/c1-4-26-21-11-17(19(23)12-22(21)27-15(2)3)13-24-10-9-16-14-25-20-8-6-5-7-18(16)20/h5-8,11-12,14-15,24-25H,4,9-10,13H2,1-3H3. The number of fused-ring (bicyclic) bond motifs is 1. The number of nitrogens with one attached hydrogen (secondary N) is 2. The first-order chi connectivity index (χ1) is 13.1. The van der Waals surface area contributed by atoms with Crippen molar-refractivity contribution in [2.75, 3.05) is 13.2 Å². The second-order valence-electron chi connectivity index (χ2n) is 6.78. The van der Waals surface area contributed by atoms with Gasteiger partial charge in [-0.2, -0.15) is 0 Å². The molecule has 144 valence electrons. The van der Waals surface area contributed by atoms with Crippen molar-refractivity contribution in [2.24, 2.45) is 0 Å². The quantitative estimate of drug-likeness (QED) is 0.488. The first kappa shape index (κ1) is 19.6. The third kappa shape index (κ3) is 4.96. The number of para-hydroxylation sites is 1. The highest BCUT2D eigenvalue weighted by molar-refractivity contribution is 6.31. The number of benzene rings is 2. The van der Waals surface area contributed by atoms with E-state index in [1.165, 1.54) is 16.5 Å². The highest BCUT2D eigenvalue weighted by atomic mass is 35.5. The summed E-state index contributed by atoms with van der Waals surface area (Å²) in [5.74, 6) is 1.43. The lowest BCUT2D eigenvalue weighted by Crippen LogP contribution is -2.17. The Morgan fingerprint density at radius 3 is 2.70 bits per heavy atom. The normalized spacial score (nSPS) is 11.3. The molecule has 0 amide bonds. The van der Waals surface area contributed by atoms with Crippen LogP contribution in [-0.2, 0) is 13.0 Å². The number of aromatic amines is 1. The van der Waals surface area contributed by atoms with Crippen LogP contribution in [0.4, 0.5) is 0 Å². The summed E-state index contributed by atoms with van der Waals surface area (Å²) in [4.78, 5) is 3.32. The van der Waals surface area contributed by atoms with Crippen molar-refractivity contribution in [1.82, 2.24) is 10.3 Å². The highest BCUT2D eigenvalue weighted by Gasteiger charge is 2.12. The average molecular weight is 387 g/mol. The molecule has 0 aliphatic rings. The van der Waals surface area contributed by atoms with Crippen LogP contribution in [0, 0.1) is 0 Å². The molecule has 1 aromatic heterocycles. The summed E-state index contributed by atoms with van der Waals surface area (Å²) in [6, 6.07) is 12.2. The van der Waals surface area contributed by atoms with E-state index in [4.69, 9.17) is 21.1 Å². The van der Waals surface area contributed by atoms with Crippen molar-refractivity contribution in [3.05, 3.63) is 58.7 Å². The number of aromatic nitrogens is 1. The first-order valence-electron chi connectivity index (χ1n) is 9.46. The Labute approximate surface area is 165 Å². The van der Waals surface area contributed by atoms with Crippen molar-refractivity contribution in [3.63, 3.8) is 0 Å². The Balaban J connectivity index is 1.62. The lowest BCUT2D eigenvalue weighted by molar-refractivity contribution is 0.223. The fourth-order valence-corrected chi connectivity index (χ4v) is 3.33. The maximum atomic E-state index is 6.46. The third-order valence-corrected chi connectivity index (χ3v) is 4.69. The fraction of sp³-hybridized carbons (Fsp3) is 0.364. The zero-order valence-corrected chi connectivity index (χ0v) is 16.9. The second kappa shape index (κ2) is 9.16. The van der Waals surface area contributed by atoms with Gasteiger partial charge in [0.2, 0.25) is 0 Å².